The molecule has 1 aliphatic heterocycles. The Morgan fingerprint density at radius 2 is 2.05 bits per heavy atom. The van der Waals surface area contributed by atoms with Crippen LogP contribution in [-0.2, 0) is 11.3 Å². The molecule has 122 valence electrons. The van der Waals surface area contributed by atoms with Gasteiger partial charge in [0.2, 0.25) is 0 Å². The Morgan fingerprint density at radius 3 is 2.68 bits per heavy atom. The van der Waals surface area contributed by atoms with Crippen molar-refractivity contribution in [2.45, 2.75) is 52.2 Å². The van der Waals surface area contributed by atoms with Crippen LogP contribution >= 0.6 is 0 Å². The Kier molecular flexibility index (Phi) is 5.12. The molecule has 1 aromatic rings. The number of likely N-dealkylation sites (tertiary alicyclic amines) is 1. The fourth-order valence-electron chi connectivity index (χ4n) is 3.23. The van der Waals surface area contributed by atoms with Crippen LogP contribution in [-0.4, -0.2) is 29.7 Å². The summed E-state index contributed by atoms with van der Waals surface area (Å²) in [6, 6.07) is 10.6. The number of nitrogens with two attached hydrogens (primary N) is 1. The summed E-state index contributed by atoms with van der Waals surface area (Å²) in [4.78, 5) is 13.4. The second kappa shape index (κ2) is 6.69. The van der Waals surface area contributed by atoms with Crippen LogP contribution in [0.2, 0.25) is 0 Å². The van der Waals surface area contributed by atoms with E-state index < -0.39 is 11.7 Å². The van der Waals surface area contributed by atoms with E-state index in [1.807, 2.05) is 13.8 Å². The Hall–Kier alpha value is -1.55. The van der Waals surface area contributed by atoms with Crippen LogP contribution in [0.5, 0.6) is 0 Å². The third-order valence-electron chi connectivity index (χ3n) is 4.59. The maximum absolute atomic E-state index is 10.9. The first-order chi connectivity index (χ1) is 10.3. The number of hydrogen-bond acceptors (Lipinski definition) is 3. The zero-order valence-corrected chi connectivity index (χ0v) is 14.0. The van der Waals surface area contributed by atoms with E-state index in [2.05, 4.69) is 42.2 Å². The molecule has 22 heavy (non-hydrogen) atoms. The minimum Gasteiger partial charge on any atom is -0.444 e. The number of primary amides is 1. The quantitative estimate of drug-likeness (QED) is 0.874. The first-order valence-corrected chi connectivity index (χ1v) is 8.03. The van der Waals surface area contributed by atoms with Crippen molar-refractivity contribution in [1.29, 1.82) is 0 Å². The van der Waals surface area contributed by atoms with Crippen LogP contribution in [0.25, 0.3) is 0 Å². The summed E-state index contributed by atoms with van der Waals surface area (Å²) in [5.74, 6) is 0. The normalized spacial score (nSPS) is 22.7. The number of nitrogens with zero attached hydrogens (tertiary/aromatic N) is 1. The van der Waals surface area contributed by atoms with Gasteiger partial charge in [0.05, 0.1) is 0 Å². The SMILES string of the molecule is CC1(CCC(C)(C)OC(N)=O)CCN(Cc2ccccc2)C1. The maximum Gasteiger partial charge on any atom is 0.405 e. The average Bonchev–Trinajstić information content (AvgIpc) is 2.79. The van der Waals surface area contributed by atoms with Crippen molar-refractivity contribution < 1.29 is 9.53 Å². The van der Waals surface area contributed by atoms with Crippen LogP contribution in [0, 0.1) is 5.41 Å². The molecule has 4 heteroatoms. The minimum atomic E-state index is -0.688. The number of carbonyl (C=O) groups excluding carboxylic acids is 1. The molecule has 2 N–H and O–H groups in total. The van der Waals surface area contributed by atoms with Crippen molar-refractivity contribution in [3.8, 4) is 0 Å². The molecular formula is C18H28N2O2. The molecule has 0 radical (unpaired) electrons. The molecule has 0 bridgehead atoms. The van der Waals surface area contributed by atoms with E-state index in [9.17, 15) is 4.79 Å². The van der Waals surface area contributed by atoms with Gasteiger partial charge >= 0.3 is 6.09 Å². The lowest BCUT2D eigenvalue weighted by Crippen LogP contribution is -2.33. The van der Waals surface area contributed by atoms with Crippen molar-refractivity contribution in [3.05, 3.63) is 35.9 Å². The fraction of sp³-hybridized carbons (Fsp3) is 0.611. The number of carbonyl (C=O) groups is 1. The van der Waals surface area contributed by atoms with E-state index in [0.717, 1.165) is 32.5 Å². The molecule has 1 aromatic carbocycles. The van der Waals surface area contributed by atoms with Gasteiger partial charge in [-0.1, -0.05) is 37.3 Å². The minimum absolute atomic E-state index is 0.285. The summed E-state index contributed by atoms with van der Waals surface area (Å²) in [7, 11) is 0. The highest BCUT2D eigenvalue weighted by Gasteiger charge is 2.35. The van der Waals surface area contributed by atoms with Gasteiger partial charge in [-0.25, -0.2) is 4.79 Å². The third kappa shape index (κ3) is 5.02. The summed E-state index contributed by atoms with van der Waals surface area (Å²) >= 11 is 0. The van der Waals surface area contributed by atoms with Crippen LogP contribution in [0.15, 0.2) is 30.3 Å². The highest BCUT2D eigenvalue weighted by molar-refractivity contribution is 5.65. The van der Waals surface area contributed by atoms with Gasteiger partial charge in [0, 0.05) is 13.1 Å². The Balaban J connectivity index is 1.84. The molecule has 1 amide bonds. The second-order valence-electron chi connectivity index (χ2n) is 7.44. The molecule has 4 nitrogen and oxygen atoms in total. The summed E-state index contributed by atoms with van der Waals surface area (Å²) in [6.07, 6.45) is 2.38. The van der Waals surface area contributed by atoms with E-state index in [0.29, 0.717) is 0 Å². The summed E-state index contributed by atoms with van der Waals surface area (Å²) in [5, 5.41) is 0. The predicted octanol–water partition coefficient (Wildman–Crippen LogP) is 3.55. The smallest absolute Gasteiger partial charge is 0.405 e. The number of benzene rings is 1. The van der Waals surface area contributed by atoms with E-state index in [4.69, 9.17) is 10.5 Å². The molecule has 1 atom stereocenters. The van der Waals surface area contributed by atoms with Gasteiger partial charge in [0.25, 0.3) is 0 Å². The standard InChI is InChI=1S/C18H28N2O2/c1-17(2,22-16(19)21)9-10-18(3)11-12-20(14-18)13-15-7-5-4-6-8-15/h4-8H,9-14H2,1-3H3,(H2,19,21). The van der Waals surface area contributed by atoms with E-state index in [1.54, 1.807) is 0 Å². The lowest BCUT2D eigenvalue weighted by atomic mass is 9.81. The van der Waals surface area contributed by atoms with Crippen molar-refractivity contribution >= 4 is 6.09 Å². The maximum atomic E-state index is 10.9. The van der Waals surface area contributed by atoms with Gasteiger partial charge in [0.1, 0.15) is 5.60 Å². The first kappa shape index (κ1) is 16.8. The monoisotopic (exact) mass is 304 g/mol. The van der Waals surface area contributed by atoms with Crippen LogP contribution in [0.4, 0.5) is 4.79 Å². The van der Waals surface area contributed by atoms with Gasteiger partial charge in [0.15, 0.2) is 0 Å². The third-order valence-corrected chi connectivity index (χ3v) is 4.59. The molecule has 0 spiro atoms. The first-order valence-electron chi connectivity index (χ1n) is 8.03. The van der Waals surface area contributed by atoms with Gasteiger partial charge < -0.3 is 10.5 Å². The summed E-state index contributed by atoms with van der Waals surface area (Å²) < 4.78 is 5.19. The Labute approximate surface area is 133 Å². The molecular weight excluding hydrogens is 276 g/mol. The number of hydrogen-bond donors (Lipinski definition) is 1. The lowest BCUT2D eigenvalue weighted by molar-refractivity contribution is 0.0289. The zero-order chi connectivity index (χ0) is 16.2. The van der Waals surface area contributed by atoms with Gasteiger partial charge in [-0.15, -0.1) is 0 Å². The second-order valence-corrected chi connectivity index (χ2v) is 7.44. The number of rotatable bonds is 6. The molecule has 1 fully saturated rings. The molecule has 1 heterocycles. The molecule has 0 aromatic heterocycles. The van der Waals surface area contributed by atoms with Gasteiger partial charge in [-0.05, 0) is 50.6 Å². The highest BCUT2D eigenvalue weighted by Crippen LogP contribution is 2.37. The largest absolute Gasteiger partial charge is 0.444 e. The van der Waals surface area contributed by atoms with E-state index >= 15 is 0 Å². The van der Waals surface area contributed by atoms with Gasteiger partial charge in [-0.3, -0.25) is 4.90 Å². The van der Waals surface area contributed by atoms with E-state index in [-0.39, 0.29) is 5.41 Å². The summed E-state index contributed by atoms with van der Waals surface area (Å²) in [5.41, 5.74) is 6.30. The van der Waals surface area contributed by atoms with Crippen molar-refractivity contribution in [1.82, 2.24) is 4.90 Å². The van der Waals surface area contributed by atoms with Crippen LogP contribution in [0.3, 0.4) is 0 Å². The topological polar surface area (TPSA) is 55.6 Å². The van der Waals surface area contributed by atoms with Crippen molar-refractivity contribution in [2.24, 2.45) is 11.1 Å². The molecule has 2 rings (SSSR count). The van der Waals surface area contributed by atoms with Crippen LogP contribution in [0.1, 0.15) is 45.6 Å². The number of ether oxygens (including phenoxy) is 1. The molecule has 1 unspecified atom stereocenters. The number of amides is 1. The molecule has 1 saturated heterocycles. The highest BCUT2D eigenvalue weighted by atomic mass is 16.6. The summed E-state index contributed by atoms with van der Waals surface area (Å²) in [6.45, 7) is 9.42. The van der Waals surface area contributed by atoms with Crippen molar-refractivity contribution in [2.75, 3.05) is 13.1 Å². The van der Waals surface area contributed by atoms with Crippen molar-refractivity contribution in [3.63, 3.8) is 0 Å². The Morgan fingerprint density at radius 1 is 1.36 bits per heavy atom. The predicted molar refractivity (Wildman–Crippen MR) is 88.4 cm³/mol. The lowest BCUT2D eigenvalue weighted by Gasteiger charge is -2.30. The molecule has 0 aliphatic carbocycles. The molecule has 0 saturated carbocycles. The van der Waals surface area contributed by atoms with Gasteiger partial charge in [-0.2, -0.15) is 0 Å². The Bertz CT molecular complexity index is 501. The van der Waals surface area contributed by atoms with Crippen LogP contribution < -0.4 is 5.73 Å². The zero-order valence-electron chi connectivity index (χ0n) is 14.0. The average molecular weight is 304 g/mol. The molecule has 1 aliphatic rings. The fourth-order valence-corrected chi connectivity index (χ4v) is 3.23. The van der Waals surface area contributed by atoms with E-state index in [1.165, 1.54) is 12.0 Å².